The van der Waals surface area contributed by atoms with Gasteiger partial charge in [0.15, 0.2) is 17.5 Å². The molecule has 0 aliphatic heterocycles. The fourth-order valence-corrected chi connectivity index (χ4v) is 1.31. The second kappa shape index (κ2) is 5.67. The minimum absolute atomic E-state index is 0.0990. The van der Waals surface area contributed by atoms with E-state index in [1.54, 1.807) is 6.92 Å². The summed E-state index contributed by atoms with van der Waals surface area (Å²) in [5, 5.41) is 0. The van der Waals surface area contributed by atoms with Crippen LogP contribution >= 0.6 is 0 Å². The number of hydrogen-bond donors (Lipinski definition) is 1. The van der Waals surface area contributed by atoms with E-state index in [1.807, 2.05) is 0 Å². The Morgan fingerprint density at radius 2 is 1.88 bits per heavy atom. The Morgan fingerprint density at radius 3 is 2.35 bits per heavy atom. The Labute approximate surface area is 96.4 Å². The first kappa shape index (κ1) is 13.5. The standard InChI is InChI=1S/C11H12F3NO2/c1-2-17-11(16)9(15)5-6-3-7(12)10(14)8(13)4-6/h3-4,9H,2,5,15H2,1H3. The fraction of sp³-hybridized carbons (Fsp3) is 0.364. The predicted molar refractivity (Wildman–Crippen MR) is 54.6 cm³/mol. The van der Waals surface area contributed by atoms with Crippen molar-refractivity contribution >= 4 is 5.97 Å². The van der Waals surface area contributed by atoms with E-state index in [4.69, 9.17) is 5.73 Å². The summed E-state index contributed by atoms with van der Waals surface area (Å²) in [6, 6.07) is 0.578. The largest absolute Gasteiger partial charge is 0.465 e. The molecule has 0 aromatic heterocycles. The summed E-state index contributed by atoms with van der Waals surface area (Å²) >= 11 is 0. The molecular weight excluding hydrogens is 235 g/mol. The molecule has 0 radical (unpaired) electrons. The Kier molecular flexibility index (Phi) is 4.51. The van der Waals surface area contributed by atoms with Crippen LogP contribution in [0.4, 0.5) is 13.2 Å². The molecule has 94 valence electrons. The van der Waals surface area contributed by atoms with Crippen LogP contribution in [0.3, 0.4) is 0 Å². The lowest BCUT2D eigenvalue weighted by molar-refractivity contribution is -0.144. The van der Waals surface area contributed by atoms with Gasteiger partial charge >= 0.3 is 5.97 Å². The van der Waals surface area contributed by atoms with Crippen molar-refractivity contribution in [1.82, 2.24) is 0 Å². The van der Waals surface area contributed by atoms with Gasteiger partial charge in [0.2, 0.25) is 0 Å². The van der Waals surface area contributed by atoms with Crippen molar-refractivity contribution in [2.24, 2.45) is 5.73 Å². The van der Waals surface area contributed by atoms with Gasteiger partial charge in [0.25, 0.3) is 0 Å². The summed E-state index contributed by atoms with van der Waals surface area (Å²) in [5.74, 6) is -4.83. The van der Waals surface area contributed by atoms with Gasteiger partial charge in [-0.15, -0.1) is 0 Å². The van der Waals surface area contributed by atoms with Crippen molar-refractivity contribution in [2.45, 2.75) is 19.4 Å². The van der Waals surface area contributed by atoms with E-state index in [0.717, 1.165) is 12.1 Å². The Balaban J connectivity index is 2.78. The lowest BCUT2D eigenvalue weighted by Crippen LogP contribution is -2.34. The third-order valence-electron chi connectivity index (χ3n) is 2.09. The van der Waals surface area contributed by atoms with Crippen LogP contribution in [0.2, 0.25) is 0 Å². The van der Waals surface area contributed by atoms with Crippen molar-refractivity contribution in [2.75, 3.05) is 6.61 Å². The van der Waals surface area contributed by atoms with Gasteiger partial charge in [-0.3, -0.25) is 4.79 Å². The highest BCUT2D eigenvalue weighted by molar-refractivity contribution is 5.75. The molecule has 1 atom stereocenters. The molecular formula is C11H12F3NO2. The molecule has 0 aliphatic rings. The maximum atomic E-state index is 12.9. The third-order valence-corrected chi connectivity index (χ3v) is 2.09. The molecule has 0 amide bonds. The highest BCUT2D eigenvalue weighted by atomic mass is 19.2. The van der Waals surface area contributed by atoms with Crippen LogP contribution in [0, 0.1) is 17.5 Å². The lowest BCUT2D eigenvalue weighted by atomic mass is 10.1. The molecule has 0 spiro atoms. The molecule has 1 aromatic carbocycles. The Hall–Kier alpha value is -1.56. The summed E-state index contributed by atoms with van der Waals surface area (Å²) in [6.07, 6.45) is -0.118. The molecule has 2 N–H and O–H groups in total. The highest BCUT2D eigenvalue weighted by Crippen LogP contribution is 2.14. The Bertz CT molecular complexity index is 400. The van der Waals surface area contributed by atoms with Crippen molar-refractivity contribution in [3.05, 3.63) is 35.1 Å². The van der Waals surface area contributed by atoms with E-state index in [2.05, 4.69) is 4.74 Å². The van der Waals surface area contributed by atoms with Gasteiger partial charge in [-0.05, 0) is 31.0 Å². The van der Waals surface area contributed by atoms with Gasteiger partial charge in [0, 0.05) is 0 Å². The minimum Gasteiger partial charge on any atom is -0.465 e. The van der Waals surface area contributed by atoms with E-state index in [1.165, 1.54) is 0 Å². The molecule has 17 heavy (non-hydrogen) atoms. The number of esters is 1. The number of benzene rings is 1. The number of nitrogens with two attached hydrogens (primary N) is 1. The molecule has 1 unspecified atom stereocenters. The van der Waals surface area contributed by atoms with Crippen LogP contribution in [-0.2, 0) is 16.0 Å². The third kappa shape index (κ3) is 3.45. The second-order valence-corrected chi connectivity index (χ2v) is 3.44. The number of carbonyl (C=O) groups is 1. The van der Waals surface area contributed by atoms with Crippen LogP contribution in [0.5, 0.6) is 0 Å². The Morgan fingerprint density at radius 1 is 1.35 bits per heavy atom. The van der Waals surface area contributed by atoms with E-state index >= 15 is 0 Å². The van der Waals surface area contributed by atoms with Gasteiger partial charge in [-0.1, -0.05) is 0 Å². The average Bonchev–Trinajstić information content (AvgIpc) is 2.26. The second-order valence-electron chi connectivity index (χ2n) is 3.44. The van der Waals surface area contributed by atoms with E-state index < -0.39 is 29.5 Å². The topological polar surface area (TPSA) is 52.3 Å². The zero-order valence-corrected chi connectivity index (χ0v) is 9.17. The molecule has 3 nitrogen and oxygen atoms in total. The number of hydrogen-bond acceptors (Lipinski definition) is 3. The summed E-state index contributed by atoms with van der Waals surface area (Å²) in [7, 11) is 0. The van der Waals surface area contributed by atoms with E-state index in [-0.39, 0.29) is 18.6 Å². The zero-order chi connectivity index (χ0) is 13.0. The quantitative estimate of drug-likeness (QED) is 0.648. The van der Waals surface area contributed by atoms with Gasteiger partial charge < -0.3 is 10.5 Å². The molecule has 0 saturated carbocycles. The number of rotatable bonds is 4. The van der Waals surface area contributed by atoms with Crippen molar-refractivity contribution in [1.29, 1.82) is 0 Å². The molecule has 6 heteroatoms. The van der Waals surface area contributed by atoms with E-state index in [9.17, 15) is 18.0 Å². The van der Waals surface area contributed by atoms with Gasteiger partial charge in [-0.25, -0.2) is 13.2 Å². The number of halogens is 3. The van der Waals surface area contributed by atoms with Crippen LogP contribution in [0.1, 0.15) is 12.5 Å². The van der Waals surface area contributed by atoms with Crippen LogP contribution in [0.15, 0.2) is 12.1 Å². The van der Waals surface area contributed by atoms with Gasteiger partial charge in [0.05, 0.1) is 6.61 Å². The average molecular weight is 247 g/mol. The first-order chi connectivity index (χ1) is 7.95. The van der Waals surface area contributed by atoms with Crippen LogP contribution in [0.25, 0.3) is 0 Å². The molecule has 0 fully saturated rings. The van der Waals surface area contributed by atoms with Crippen molar-refractivity contribution in [3.8, 4) is 0 Å². The fourth-order valence-electron chi connectivity index (χ4n) is 1.31. The summed E-state index contributed by atoms with van der Waals surface area (Å²) in [5.41, 5.74) is 5.56. The summed E-state index contributed by atoms with van der Waals surface area (Å²) in [4.78, 5) is 11.2. The maximum Gasteiger partial charge on any atom is 0.323 e. The van der Waals surface area contributed by atoms with Crippen molar-refractivity contribution < 1.29 is 22.7 Å². The summed E-state index contributed by atoms with van der Waals surface area (Å²) < 4.78 is 43.0. The zero-order valence-electron chi connectivity index (χ0n) is 9.17. The normalized spacial score (nSPS) is 12.3. The monoisotopic (exact) mass is 247 g/mol. The van der Waals surface area contributed by atoms with Gasteiger partial charge in [0.1, 0.15) is 6.04 Å². The molecule has 1 rings (SSSR count). The number of ether oxygens (including phenoxy) is 1. The lowest BCUT2D eigenvalue weighted by Gasteiger charge is -2.10. The van der Waals surface area contributed by atoms with E-state index in [0.29, 0.717) is 0 Å². The molecule has 0 aliphatic carbocycles. The van der Waals surface area contributed by atoms with Crippen LogP contribution < -0.4 is 5.73 Å². The first-order valence-electron chi connectivity index (χ1n) is 5.01. The van der Waals surface area contributed by atoms with Gasteiger partial charge in [-0.2, -0.15) is 0 Å². The smallest absolute Gasteiger partial charge is 0.323 e. The molecule has 0 bridgehead atoms. The first-order valence-corrected chi connectivity index (χ1v) is 5.01. The van der Waals surface area contributed by atoms with Crippen LogP contribution in [-0.4, -0.2) is 18.6 Å². The SMILES string of the molecule is CCOC(=O)C(N)Cc1cc(F)c(F)c(F)c1. The maximum absolute atomic E-state index is 12.9. The predicted octanol–water partition coefficient (Wildman–Crippen LogP) is 1.54. The summed E-state index contributed by atoms with van der Waals surface area (Å²) in [6.45, 7) is 1.78. The number of carbonyl (C=O) groups excluding carboxylic acids is 1. The minimum atomic E-state index is -1.54. The van der Waals surface area contributed by atoms with Crippen molar-refractivity contribution in [3.63, 3.8) is 0 Å². The molecule has 1 aromatic rings. The molecule has 0 saturated heterocycles. The highest BCUT2D eigenvalue weighted by Gasteiger charge is 2.17. The molecule has 0 heterocycles.